The minimum Gasteiger partial charge on any atom is -0.494 e. The smallest absolute Gasteiger partial charge is 0.272 e. The van der Waals surface area contributed by atoms with E-state index >= 15 is 0 Å². The lowest BCUT2D eigenvalue weighted by molar-refractivity contribution is 0.101. The Kier molecular flexibility index (Phi) is 3.95. The fourth-order valence-electron chi connectivity index (χ4n) is 2.42. The number of carbonyl (C=O) groups is 1. The van der Waals surface area contributed by atoms with Crippen molar-refractivity contribution in [3.05, 3.63) is 48.3 Å². The number of nitrogens with one attached hydrogen (secondary N) is 1. The van der Waals surface area contributed by atoms with Gasteiger partial charge in [-0.15, -0.1) is 0 Å². The maximum atomic E-state index is 12.4. The molecular formula is C16H18N6O2. The van der Waals surface area contributed by atoms with Crippen molar-refractivity contribution >= 4 is 17.3 Å². The van der Waals surface area contributed by atoms with Crippen LogP contribution in [0.2, 0.25) is 0 Å². The number of hydrogen-bond donors (Lipinski definition) is 2. The number of ether oxygens (including phenoxy) is 1. The van der Waals surface area contributed by atoms with Gasteiger partial charge in [-0.2, -0.15) is 5.10 Å². The van der Waals surface area contributed by atoms with Crippen LogP contribution in [0.5, 0.6) is 5.75 Å². The zero-order valence-electron chi connectivity index (χ0n) is 13.6. The van der Waals surface area contributed by atoms with Crippen LogP contribution in [-0.2, 0) is 7.05 Å². The largest absolute Gasteiger partial charge is 0.494 e. The first-order valence-corrected chi connectivity index (χ1v) is 7.28. The van der Waals surface area contributed by atoms with Gasteiger partial charge in [0.2, 0.25) is 0 Å². The van der Waals surface area contributed by atoms with Gasteiger partial charge in [0.25, 0.3) is 5.91 Å². The van der Waals surface area contributed by atoms with Crippen molar-refractivity contribution in [2.75, 3.05) is 18.2 Å². The molecule has 0 aliphatic heterocycles. The van der Waals surface area contributed by atoms with E-state index in [9.17, 15) is 4.79 Å². The van der Waals surface area contributed by atoms with E-state index < -0.39 is 0 Å². The first kappa shape index (κ1) is 15.6. The summed E-state index contributed by atoms with van der Waals surface area (Å²) in [6, 6.07) is 6.94. The van der Waals surface area contributed by atoms with Gasteiger partial charge < -0.3 is 20.4 Å². The Labute approximate surface area is 138 Å². The van der Waals surface area contributed by atoms with Crippen LogP contribution < -0.4 is 15.8 Å². The molecule has 0 unspecified atom stereocenters. The topological polar surface area (TPSA) is 100.0 Å². The van der Waals surface area contributed by atoms with Crippen molar-refractivity contribution in [1.82, 2.24) is 19.3 Å². The third-order valence-electron chi connectivity index (χ3n) is 3.55. The molecule has 3 rings (SSSR count). The number of rotatable bonds is 4. The van der Waals surface area contributed by atoms with Gasteiger partial charge in [-0.1, -0.05) is 0 Å². The SMILES string of the molecule is COc1cc(NC(=O)c2cc(N)cn2C)ccc1-n1cnc(C)n1. The molecule has 0 radical (unpaired) electrons. The Hall–Kier alpha value is -3.29. The Morgan fingerprint density at radius 1 is 1.33 bits per heavy atom. The van der Waals surface area contributed by atoms with Gasteiger partial charge >= 0.3 is 0 Å². The minimum absolute atomic E-state index is 0.249. The second-order valence-corrected chi connectivity index (χ2v) is 5.35. The van der Waals surface area contributed by atoms with Crippen molar-refractivity contribution in [3.8, 4) is 11.4 Å². The van der Waals surface area contributed by atoms with Crippen LogP contribution in [0.4, 0.5) is 11.4 Å². The predicted octanol–water partition coefficient (Wildman–Crippen LogP) is 1.76. The normalized spacial score (nSPS) is 10.6. The van der Waals surface area contributed by atoms with Crippen molar-refractivity contribution < 1.29 is 9.53 Å². The molecule has 2 heterocycles. The molecule has 8 nitrogen and oxygen atoms in total. The summed E-state index contributed by atoms with van der Waals surface area (Å²) >= 11 is 0. The highest BCUT2D eigenvalue weighted by molar-refractivity contribution is 6.04. The number of anilines is 2. The van der Waals surface area contributed by atoms with Crippen LogP contribution >= 0.6 is 0 Å². The standard InChI is InChI=1S/C16H18N6O2/c1-10-18-9-22(20-10)13-5-4-12(7-15(13)24-3)19-16(23)14-6-11(17)8-21(14)2/h4-9H,17H2,1-3H3,(H,19,23). The average Bonchev–Trinajstić information content (AvgIpc) is 3.12. The van der Waals surface area contributed by atoms with Crippen molar-refractivity contribution in [1.29, 1.82) is 0 Å². The molecule has 0 saturated carbocycles. The zero-order chi connectivity index (χ0) is 17.3. The number of nitrogen functional groups attached to an aromatic ring is 1. The number of aromatic nitrogens is 4. The van der Waals surface area contributed by atoms with Crippen molar-refractivity contribution in [2.45, 2.75) is 6.92 Å². The maximum absolute atomic E-state index is 12.4. The molecule has 0 atom stereocenters. The summed E-state index contributed by atoms with van der Waals surface area (Å²) in [5.41, 5.74) is 8.06. The molecule has 0 fully saturated rings. The number of nitrogens with zero attached hydrogens (tertiary/aromatic N) is 4. The van der Waals surface area contributed by atoms with Crippen molar-refractivity contribution in [2.24, 2.45) is 7.05 Å². The number of aryl methyl sites for hydroxylation is 2. The Balaban J connectivity index is 1.87. The quantitative estimate of drug-likeness (QED) is 0.761. The molecule has 0 saturated heterocycles. The van der Waals surface area contributed by atoms with Gasteiger partial charge in [-0.3, -0.25) is 4.79 Å². The van der Waals surface area contributed by atoms with Crippen LogP contribution in [0, 0.1) is 6.92 Å². The first-order valence-electron chi connectivity index (χ1n) is 7.28. The third kappa shape index (κ3) is 2.94. The molecule has 24 heavy (non-hydrogen) atoms. The highest BCUT2D eigenvalue weighted by Crippen LogP contribution is 2.26. The molecule has 0 bridgehead atoms. The minimum atomic E-state index is -0.249. The molecular weight excluding hydrogens is 308 g/mol. The summed E-state index contributed by atoms with van der Waals surface area (Å²) in [4.78, 5) is 16.5. The third-order valence-corrected chi connectivity index (χ3v) is 3.55. The van der Waals surface area contributed by atoms with E-state index in [4.69, 9.17) is 10.5 Å². The molecule has 8 heteroatoms. The second kappa shape index (κ2) is 6.07. The first-order chi connectivity index (χ1) is 11.5. The fraction of sp³-hybridized carbons (Fsp3) is 0.188. The molecule has 0 aliphatic carbocycles. The van der Waals surface area contributed by atoms with E-state index in [1.54, 1.807) is 54.1 Å². The Bertz CT molecular complexity index is 896. The number of benzene rings is 1. The second-order valence-electron chi connectivity index (χ2n) is 5.35. The summed E-state index contributed by atoms with van der Waals surface area (Å²) in [6.45, 7) is 1.81. The number of methoxy groups -OCH3 is 1. The lowest BCUT2D eigenvalue weighted by Gasteiger charge is -2.11. The zero-order valence-corrected chi connectivity index (χ0v) is 13.6. The molecule has 3 N–H and O–H groups in total. The molecule has 3 aromatic rings. The summed E-state index contributed by atoms with van der Waals surface area (Å²) in [5, 5.41) is 7.09. The predicted molar refractivity (Wildman–Crippen MR) is 90.4 cm³/mol. The van der Waals surface area contributed by atoms with Gasteiger partial charge in [-0.05, 0) is 25.1 Å². The lowest BCUT2D eigenvalue weighted by Crippen LogP contribution is -2.15. The molecule has 0 aliphatic rings. The van der Waals surface area contributed by atoms with E-state index in [2.05, 4.69) is 15.4 Å². The average molecular weight is 326 g/mol. The maximum Gasteiger partial charge on any atom is 0.272 e. The lowest BCUT2D eigenvalue weighted by atomic mass is 10.2. The summed E-state index contributed by atoms with van der Waals surface area (Å²) < 4.78 is 8.70. The molecule has 1 aromatic carbocycles. The van der Waals surface area contributed by atoms with Gasteiger partial charge in [0.05, 0.1) is 12.8 Å². The van der Waals surface area contributed by atoms with Crippen LogP contribution in [0.3, 0.4) is 0 Å². The van der Waals surface area contributed by atoms with E-state index in [0.29, 0.717) is 28.6 Å². The molecule has 124 valence electrons. The molecule has 2 aromatic heterocycles. The number of carbonyl (C=O) groups excluding carboxylic acids is 1. The molecule has 1 amide bonds. The van der Waals surface area contributed by atoms with Crippen LogP contribution in [0.1, 0.15) is 16.3 Å². The van der Waals surface area contributed by atoms with Gasteiger partial charge in [0.1, 0.15) is 29.3 Å². The highest BCUT2D eigenvalue weighted by atomic mass is 16.5. The Morgan fingerprint density at radius 2 is 2.12 bits per heavy atom. The van der Waals surface area contributed by atoms with Crippen LogP contribution in [0.15, 0.2) is 36.8 Å². The van der Waals surface area contributed by atoms with E-state index in [0.717, 1.165) is 5.69 Å². The number of amides is 1. The summed E-state index contributed by atoms with van der Waals surface area (Å²) in [6.07, 6.45) is 3.30. The monoisotopic (exact) mass is 326 g/mol. The van der Waals surface area contributed by atoms with E-state index in [1.807, 2.05) is 13.0 Å². The fourth-order valence-corrected chi connectivity index (χ4v) is 2.42. The number of nitrogens with two attached hydrogens (primary N) is 1. The Morgan fingerprint density at radius 3 is 2.71 bits per heavy atom. The van der Waals surface area contributed by atoms with Crippen LogP contribution in [-0.4, -0.2) is 32.3 Å². The molecule has 0 spiro atoms. The van der Waals surface area contributed by atoms with E-state index in [-0.39, 0.29) is 5.91 Å². The van der Waals surface area contributed by atoms with Gasteiger partial charge in [-0.25, -0.2) is 9.67 Å². The van der Waals surface area contributed by atoms with Gasteiger partial charge in [0, 0.05) is 25.0 Å². The summed E-state index contributed by atoms with van der Waals surface area (Å²) in [5.74, 6) is 0.987. The number of hydrogen-bond acceptors (Lipinski definition) is 5. The highest BCUT2D eigenvalue weighted by Gasteiger charge is 2.13. The van der Waals surface area contributed by atoms with Crippen molar-refractivity contribution in [3.63, 3.8) is 0 Å². The van der Waals surface area contributed by atoms with E-state index in [1.165, 1.54) is 0 Å². The summed E-state index contributed by atoms with van der Waals surface area (Å²) in [7, 11) is 3.33. The van der Waals surface area contributed by atoms with Crippen LogP contribution in [0.25, 0.3) is 5.69 Å². The van der Waals surface area contributed by atoms with Gasteiger partial charge in [0.15, 0.2) is 0 Å².